The van der Waals surface area contributed by atoms with E-state index in [2.05, 4.69) is 35.1 Å². The van der Waals surface area contributed by atoms with E-state index < -0.39 is 0 Å². The number of rotatable bonds is 4. The van der Waals surface area contributed by atoms with Crippen LogP contribution in [0.3, 0.4) is 0 Å². The van der Waals surface area contributed by atoms with Crippen molar-refractivity contribution in [1.29, 1.82) is 0 Å². The first-order chi connectivity index (χ1) is 8.25. The van der Waals surface area contributed by atoms with Gasteiger partial charge in [0.25, 0.3) is 0 Å². The molecule has 1 aromatic heterocycles. The molecule has 1 fully saturated rings. The Morgan fingerprint density at radius 2 is 2.44 bits per heavy atom. The Labute approximate surface area is 119 Å². The van der Waals surface area contributed by atoms with E-state index in [0.29, 0.717) is 6.04 Å². The highest BCUT2D eigenvalue weighted by atomic mass is 35.5. The molecule has 102 valence electrons. The number of piperidine rings is 1. The lowest BCUT2D eigenvalue weighted by molar-refractivity contribution is -0.126. The van der Waals surface area contributed by atoms with Gasteiger partial charge >= 0.3 is 0 Å². The summed E-state index contributed by atoms with van der Waals surface area (Å²) in [6.45, 7) is 3.87. The summed E-state index contributed by atoms with van der Waals surface area (Å²) in [7, 11) is 0. The minimum Gasteiger partial charge on any atom is -0.355 e. The van der Waals surface area contributed by atoms with Crippen LogP contribution in [0.1, 0.15) is 24.6 Å². The van der Waals surface area contributed by atoms with Gasteiger partial charge in [0.2, 0.25) is 5.91 Å². The molecule has 1 amide bonds. The van der Waals surface area contributed by atoms with Crippen LogP contribution in [-0.4, -0.2) is 25.0 Å². The molecular formula is C13H21ClN2OS. The van der Waals surface area contributed by atoms with Gasteiger partial charge in [-0.2, -0.15) is 0 Å². The molecule has 0 spiro atoms. The Balaban J connectivity index is 0.00000162. The normalized spacial score (nSPS) is 23.2. The molecule has 2 atom stereocenters. The molecule has 3 nitrogen and oxygen atoms in total. The number of hydrogen-bond donors (Lipinski definition) is 2. The third-order valence-electron chi connectivity index (χ3n) is 3.25. The van der Waals surface area contributed by atoms with Gasteiger partial charge in [-0.05, 0) is 44.2 Å². The van der Waals surface area contributed by atoms with Crippen LogP contribution in [0.15, 0.2) is 17.5 Å². The predicted octanol–water partition coefficient (Wildman–Crippen LogP) is 2.22. The number of thiophene rings is 1. The Bertz CT molecular complexity index is 356. The van der Waals surface area contributed by atoms with Gasteiger partial charge in [-0.15, -0.1) is 23.7 Å². The third-order valence-corrected chi connectivity index (χ3v) is 4.18. The Morgan fingerprint density at radius 3 is 3.11 bits per heavy atom. The molecule has 0 aliphatic carbocycles. The Hall–Kier alpha value is -0.580. The van der Waals surface area contributed by atoms with E-state index >= 15 is 0 Å². The van der Waals surface area contributed by atoms with Gasteiger partial charge in [0.15, 0.2) is 0 Å². The molecule has 0 saturated carbocycles. The van der Waals surface area contributed by atoms with Crippen molar-refractivity contribution in [2.75, 3.05) is 13.1 Å². The zero-order valence-corrected chi connectivity index (χ0v) is 12.3. The first-order valence-corrected chi connectivity index (χ1v) is 7.17. The van der Waals surface area contributed by atoms with Gasteiger partial charge in [0, 0.05) is 23.4 Å². The van der Waals surface area contributed by atoms with Crippen molar-refractivity contribution < 1.29 is 4.79 Å². The van der Waals surface area contributed by atoms with E-state index in [0.717, 1.165) is 32.4 Å². The summed E-state index contributed by atoms with van der Waals surface area (Å²) in [5, 5.41) is 8.49. The molecular weight excluding hydrogens is 268 g/mol. The summed E-state index contributed by atoms with van der Waals surface area (Å²) in [5.74, 6) is 0.435. The molecule has 0 unspecified atom stereocenters. The van der Waals surface area contributed by atoms with E-state index in [1.807, 2.05) is 0 Å². The summed E-state index contributed by atoms with van der Waals surface area (Å²) in [5.41, 5.74) is 0. The summed E-state index contributed by atoms with van der Waals surface area (Å²) in [4.78, 5) is 13.3. The second kappa shape index (κ2) is 7.77. The predicted molar refractivity (Wildman–Crippen MR) is 78.5 cm³/mol. The lowest BCUT2D eigenvalue weighted by Crippen LogP contribution is -2.42. The number of hydrogen-bond acceptors (Lipinski definition) is 3. The third kappa shape index (κ3) is 4.59. The van der Waals surface area contributed by atoms with Crippen molar-refractivity contribution in [3.05, 3.63) is 22.4 Å². The average Bonchev–Trinajstić information content (AvgIpc) is 2.82. The van der Waals surface area contributed by atoms with Crippen LogP contribution in [0.5, 0.6) is 0 Å². The van der Waals surface area contributed by atoms with Crippen molar-refractivity contribution in [1.82, 2.24) is 10.6 Å². The van der Waals surface area contributed by atoms with Crippen molar-refractivity contribution in [2.45, 2.75) is 32.2 Å². The molecule has 5 heteroatoms. The van der Waals surface area contributed by atoms with Crippen LogP contribution in [0.25, 0.3) is 0 Å². The Morgan fingerprint density at radius 1 is 1.61 bits per heavy atom. The van der Waals surface area contributed by atoms with Gasteiger partial charge in [-0.3, -0.25) is 4.79 Å². The van der Waals surface area contributed by atoms with Crippen LogP contribution in [0.4, 0.5) is 0 Å². The summed E-state index contributed by atoms with van der Waals surface area (Å²) >= 11 is 1.75. The van der Waals surface area contributed by atoms with Crippen LogP contribution >= 0.6 is 23.7 Å². The fraction of sp³-hybridized carbons (Fsp3) is 0.615. The fourth-order valence-corrected chi connectivity index (χ4v) is 2.99. The molecule has 0 radical (unpaired) electrons. The lowest BCUT2D eigenvalue weighted by atomic mass is 9.92. The fourth-order valence-electron chi connectivity index (χ4n) is 2.28. The van der Waals surface area contributed by atoms with Gasteiger partial charge in [-0.25, -0.2) is 0 Å². The standard InChI is InChI=1S/C13H20N2OS.ClH/c1-10-9-11(4-6-14-10)13(16)15-7-5-12-3-2-8-17-12;/h2-3,8,10-11,14H,4-7,9H2,1H3,(H,15,16);1H/t10-,11-;/m0./s1. The van der Waals surface area contributed by atoms with Crippen molar-refractivity contribution in [2.24, 2.45) is 5.92 Å². The number of amides is 1. The average molecular weight is 289 g/mol. The van der Waals surface area contributed by atoms with Crippen LogP contribution < -0.4 is 10.6 Å². The maximum atomic E-state index is 11.9. The number of carbonyl (C=O) groups is 1. The maximum absolute atomic E-state index is 11.9. The SMILES string of the molecule is C[C@H]1C[C@@H](C(=O)NCCc2cccs2)CCN1.Cl. The molecule has 0 aromatic carbocycles. The topological polar surface area (TPSA) is 41.1 Å². The summed E-state index contributed by atoms with van der Waals surface area (Å²) < 4.78 is 0. The Kier molecular flexibility index (Phi) is 6.68. The molecule has 1 aliphatic rings. The van der Waals surface area contributed by atoms with Gasteiger partial charge < -0.3 is 10.6 Å². The quantitative estimate of drug-likeness (QED) is 0.892. The van der Waals surface area contributed by atoms with Crippen LogP contribution in [0, 0.1) is 5.92 Å². The first-order valence-electron chi connectivity index (χ1n) is 6.29. The molecule has 1 aromatic rings. The van der Waals surface area contributed by atoms with E-state index in [4.69, 9.17) is 0 Å². The highest BCUT2D eigenvalue weighted by Crippen LogP contribution is 2.16. The highest BCUT2D eigenvalue weighted by Gasteiger charge is 2.24. The second-order valence-corrected chi connectivity index (χ2v) is 5.73. The van der Waals surface area contributed by atoms with Gasteiger partial charge in [0.1, 0.15) is 0 Å². The van der Waals surface area contributed by atoms with Crippen LogP contribution in [0.2, 0.25) is 0 Å². The number of carbonyl (C=O) groups excluding carboxylic acids is 1. The lowest BCUT2D eigenvalue weighted by Gasteiger charge is -2.27. The molecule has 2 heterocycles. The molecule has 2 rings (SSSR count). The second-order valence-electron chi connectivity index (χ2n) is 4.70. The zero-order chi connectivity index (χ0) is 12.1. The molecule has 18 heavy (non-hydrogen) atoms. The van der Waals surface area contributed by atoms with Crippen molar-refractivity contribution >= 4 is 29.7 Å². The van der Waals surface area contributed by atoms with Crippen molar-refractivity contribution in [3.8, 4) is 0 Å². The molecule has 2 N–H and O–H groups in total. The van der Waals surface area contributed by atoms with E-state index in [1.54, 1.807) is 11.3 Å². The minimum atomic E-state index is 0. The first kappa shape index (κ1) is 15.5. The summed E-state index contributed by atoms with van der Waals surface area (Å²) in [6.07, 6.45) is 2.88. The van der Waals surface area contributed by atoms with E-state index in [-0.39, 0.29) is 24.2 Å². The van der Waals surface area contributed by atoms with E-state index in [9.17, 15) is 4.79 Å². The van der Waals surface area contributed by atoms with Gasteiger partial charge in [-0.1, -0.05) is 6.07 Å². The maximum Gasteiger partial charge on any atom is 0.223 e. The molecule has 0 bridgehead atoms. The zero-order valence-electron chi connectivity index (χ0n) is 10.6. The summed E-state index contributed by atoms with van der Waals surface area (Å²) in [6, 6.07) is 4.64. The van der Waals surface area contributed by atoms with E-state index in [1.165, 1.54) is 4.88 Å². The minimum absolute atomic E-state index is 0. The van der Waals surface area contributed by atoms with Gasteiger partial charge in [0.05, 0.1) is 0 Å². The van der Waals surface area contributed by atoms with Crippen molar-refractivity contribution in [3.63, 3.8) is 0 Å². The smallest absolute Gasteiger partial charge is 0.223 e. The highest BCUT2D eigenvalue weighted by molar-refractivity contribution is 7.09. The molecule has 1 saturated heterocycles. The largest absolute Gasteiger partial charge is 0.355 e. The molecule has 1 aliphatic heterocycles. The van der Waals surface area contributed by atoms with Crippen LogP contribution in [-0.2, 0) is 11.2 Å². The monoisotopic (exact) mass is 288 g/mol. The number of nitrogens with one attached hydrogen (secondary N) is 2. The number of halogens is 1.